The first-order valence-corrected chi connectivity index (χ1v) is 11.0. The van der Waals surface area contributed by atoms with E-state index in [9.17, 15) is 9.18 Å². The average Bonchev–Trinajstić information content (AvgIpc) is 3.34. The molecule has 5 rings (SSSR count). The minimum atomic E-state index is -1.06. The summed E-state index contributed by atoms with van der Waals surface area (Å²) in [7, 11) is 1.46. The number of rotatable bonds is 5. The quantitative estimate of drug-likeness (QED) is 0.587. The van der Waals surface area contributed by atoms with Gasteiger partial charge in [-0.1, -0.05) is 53.2 Å². The van der Waals surface area contributed by atoms with Crippen molar-refractivity contribution in [3.05, 3.63) is 71.1 Å². The summed E-state index contributed by atoms with van der Waals surface area (Å²) in [6.45, 7) is 0.172. The number of carbonyl (C=O) groups is 1. The van der Waals surface area contributed by atoms with Gasteiger partial charge in [0.05, 0.1) is 17.8 Å². The van der Waals surface area contributed by atoms with Crippen LogP contribution in [-0.2, 0) is 23.7 Å². The highest BCUT2D eigenvalue weighted by atomic mass is 35.5. The van der Waals surface area contributed by atoms with Crippen LogP contribution in [0.5, 0.6) is 0 Å². The Morgan fingerprint density at radius 3 is 2.74 bits per heavy atom. The number of carbonyl (C=O) groups excluding carboxylic acids is 1. The predicted molar refractivity (Wildman–Crippen MR) is 118 cm³/mol. The smallest absolute Gasteiger partial charge is 0.249 e. The van der Waals surface area contributed by atoms with Gasteiger partial charge >= 0.3 is 0 Å². The number of benzene rings is 2. The maximum Gasteiger partial charge on any atom is 0.249 e. The van der Waals surface area contributed by atoms with Crippen molar-refractivity contribution in [2.45, 2.75) is 36.7 Å². The van der Waals surface area contributed by atoms with Gasteiger partial charge in [-0.05, 0) is 12.1 Å². The molecule has 2 fully saturated rings. The molecule has 2 N–H and O–H groups in total. The molecule has 0 aliphatic carbocycles. The molecule has 0 bridgehead atoms. The van der Waals surface area contributed by atoms with Gasteiger partial charge in [-0.3, -0.25) is 4.79 Å². The van der Waals surface area contributed by atoms with Crippen LogP contribution in [0.15, 0.2) is 54.7 Å². The normalized spacial score (nSPS) is 28.9. The number of hydrogen-bond acceptors (Lipinski definition) is 7. The van der Waals surface area contributed by atoms with E-state index in [1.807, 2.05) is 30.3 Å². The van der Waals surface area contributed by atoms with E-state index >= 15 is 0 Å². The second-order valence-electron chi connectivity index (χ2n) is 8.08. The fourth-order valence-corrected chi connectivity index (χ4v) is 4.50. The SMILES string of the molecule is CO[C@@H]1[C@@H](n2cc(-c3ccc(Cl)c(F)c3)nn2)[C@H]2OC(c3ccccc3)OC[C@H]2O[C@H]1C(N)=O. The van der Waals surface area contributed by atoms with Gasteiger partial charge in [-0.2, -0.15) is 0 Å². The molecule has 11 heteroatoms. The molecule has 2 aliphatic rings. The second-order valence-corrected chi connectivity index (χ2v) is 8.48. The van der Waals surface area contributed by atoms with E-state index in [0.717, 1.165) is 5.56 Å². The maximum absolute atomic E-state index is 14.0. The summed E-state index contributed by atoms with van der Waals surface area (Å²) in [6, 6.07) is 13.2. The summed E-state index contributed by atoms with van der Waals surface area (Å²) in [5.74, 6) is -1.25. The average molecular weight is 489 g/mol. The third kappa shape index (κ3) is 4.19. The zero-order valence-corrected chi connectivity index (χ0v) is 18.8. The van der Waals surface area contributed by atoms with E-state index < -0.39 is 48.5 Å². The van der Waals surface area contributed by atoms with Crippen molar-refractivity contribution < 1.29 is 28.1 Å². The number of methoxy groups -OCH3 is 1. The van der Waals surface area contributed by atoms with E-state index in [1.165, 1.54) is 19.2 Å². The molecule has 178 valence electrons. The molecule has 34 heavy (non-hydrogen) atoms. The number of nitrogens with two attached hydrogens (primary N) is 1. The molecule has 2 aromatic carbocycles. The van der Waals surface area contributed by atoms with Gasteiger partial charge < -0.3 is 24.7 Å². The van der Waals surface area contributed by atoms with Crippen molar-refractivity contribution in [1.82, 2.24) is 15.0 Å². The Balaban J connectivity index is 1.51. The third-order valence-electron chi connectivity index (χ3n) is 6.01. The zero-order chi connectivity index (χ0) is 23.8. The first kappa shape index (κ1) is 22.9. The summed E-state index contributed by atoms with van der Waals surface area (Å²) >= 11 is 5.80. The van der Waals surface area contributed by atoms with Crippen LogP contribution >= 0.6 is 11.6 Å². The van der Waals surface area contributed by atoms with Crippen LogP contribution in [0.4, 0.5) is 4.39 Å². The standard InChI is InChI=1S/C23H22ClFN4O5/c1-31-20-18(29-10-16(27-28-29)13-7-8-14(24)15(25)9-13)19-17(33-21(20)22(26)30)11-32-23(34-19)12-5-3-2-4-6-12/h2-10,17-21,23H,11H2,1H3,(H2,26,30)/t17-,18+,19+,20-,21-,23?/m1/s1. The van der Waals surface area contributed by atoms with Gasteiger partial charge in [0, 0.05) is 18.2 Å². The van der Waals surface area contributed by atoms with Gasteiger partial charge in [-0.15, -0.1) is 5.10 Å². The molecule has 3 aromatic rings. The first-order chi connectivity index (χ1) is 16.5. The lowest BCUT2D eigenvalue weighted by atomic mass is 9.91. The Morgan fingerprint density at radius 2 is 2.03 bits per heavy atom. The van der Waals surface area contributed by atoms with Gasteiger partial charge in [0.2, 0.25) is 5.91 Å². The fourth-order valence-electron chi connectivity index (χ4n) is 4.38. The lowest BCUT2D eigenvalue weighted by Gasteiger charge is -2.48. The first-order valence-electron chi connectivity index (χ1n) is 10.6. The molecular formula is C23H22ClFN4O5. The van der Waals surface area contributed by atoms with Crippen molar-refractivity contribution in [2.75, 3.05) is 13.7 Å². The number of hydrogen-bond donors (Lipinski definition) is 1. The molecule has 6 atom stereocenters. The van der Waals surface area contributed by atoms with E-state index in [1.54, 1.807) is 16.9 Å². The van der Waals surface area contributed by atoms with Crippen LogP contribution in [-0.4, -0.2) is 59.0 Å². The molecule has 9 nitrogen and oxygen atoms in total. The summed E-state index contributed by atoms with van der Waals surface area (Å²) in [6.07, 6.45) is -2.09. The maximum atomic E-state index is 14.0. The Hall–Kier alpha value is -2.89. The minimum Gasteiger partial charge on any atom is -0.376 e. The lowest BCUT2D eigenvalue weighted by Crippen LogP contribution is -2.62. The van der Waals surface area contributed by atoms with Gasteiger partial charge in [0.25, 0.3) is 0 Å². The zero-order valence-electron chi connectivity index (χ0n) is 18.1. The van der Waals surface area contributed by atoms with E-state index in [2.05, 4.69) is 10.3 Å². The highest BCUT2D eigenvalue weighted by Crippen LogP contribution is 2.40. The van der Waals surface area contributed by atoms with Gasteiger partial charge in [0.1, 0.15) is 35.9 Å². The van der Waals surface area contributed by atoms with Crippen molar-refractivity contribution >= 4 is 17.5 Å². The third-order valence-corrected chi connectivity index (χ3v) is 6.31. The Kier molecular flexibility index (Phi) is 6.32. The minimum absolute atomic E-state index is 0.00900. The highest BCUT2D eigenvalue weighted by molar-refractivity contribution is 6.30. The van der Waals surface area contributed by atoms with E-state index in [4.69, 9.17) is 36.3 Å². The van der Waals surface area contributed by atoms with E-state index in [0.29, 0.717) is 11.3 Å². The van der Waals surface area contributed by atoms with Gasteiger partial charge in [0.15, 0.2) is 12.4 Å². The predicted octanol–water partition coefficient (Wildman–Crippen LogP) is 2.66. The van der Waals surface area contributed by atoms with Crippen LogP contribution in [0.2, 0.25) is 5.02 Å². The molecule has 0 saturated carbocycles. The summed E-state index contributed by atoms with van der Waals surface area (Å²) in [4.78, 5) is 12.2. The molecule has 2 saturated heterocycles. The van der Waals surface area contributed by atoms with Crippen molar-refractivity contribution in [3.63, 3.8) is 0 Å². The van der Waals surface area contributed by atoms with Gasteiger partial charge in [-0.25, -0.2) is 9.07 Å². The number of fused-ring (bicyclic) bond motifs is 1. The monoisotopic (exact) mass is 488 g/mol. The molecule has 3 heterocycles. The van der Waals surface area contributed by atoms with Crippen molar-refractivity contribution in [3.8, 4) is 11.3 Å². The van der Waals surface area contributed by atoms with Crippen LogP contribution in [0.3, 0.4) is 0 Å². The topological polar surface area (TPSA) is 111 Å². The van der Waals surface area contributed by atoms with E-state index in [-0.39, 0.29) is 11.6 Å². The Bertz CT molecular complexity index is 1180. The molecule has 0 spiro atoms. The number of primary amides is 1. The number of nitrogens with zero attached hydrogens (tertiary/aromatic N) is 3. The van der Waals surface area contributed by atoms with Crippen LogP contribution < -0.4 is 5.73 Å². The van der Waals surface area contributed by atoms with Crippen LogP contribution in [0.25, 0.3) is 11.3 Å². The van der Waals surface area contributed by atoms with Crippen LogP contribution in [0, 0.1) is 5.82 Å². The second kappa shape index (κ2) is 9.40. The number of aromatic nitrogens is 3. The molecule has 1 amide bonds. The van der Waals surface area contributed by atoms with Crippen molar-refractivity contribution in [1.29, 1.82) is 0 Å². The summed E-state index contributed by atoms with van der Waals surface area (Å²) < 4.78 is 39.3. The number of ether oxygens (including phenoxy) is 4. The number of halogens is 2. The Labute approximate surface area is 199 Å². The molecule has 1 aromatic heterocycles. The summed E-state index contributed by atoms with van der Waals surface area (Å²) in [5, 5.41) is 8.45. The molecule has 1 unspecified atom stereocenters. The Morgan fingerprint density at radius 1 is 1.24 bits per heavy atom. The molecule has 0 radical (unpaired) electrons. The number of amides is 1. The largest absolute Gasteiger partial charge is 0.376 e. The van der Waals surface area contributed by atoms with Crippen LogP contribution in [0.1, 0.15) is 17.9 Å². The fraction of sp³-hybridized carbons (Fsp3) is 0.348. The van der Waals surface area contributed by atoms with Crippen molar-refractivity contribution in [2.24, 2.45) is 5.73 Å². The highest BCUT2D eigenvalue weighted by Gasteiger charge is 2.53. The molecule has 2 aliphatic heterocycles. The molecular weight excluding hydrogens is 467 g/mol. The summed E-state index contributed by atoms with van der Waals surface area (Å²) in [5.41, 5.74) is 7.36. The lowest BCUT2D eigenvalue weighted by molar-refractivity contribution is -0.314.